The zero-order valence-corrected chi connectivity index (χ0v) is 7.92. The maximum absolute atomic E-state index is 10.6. The fourth-order valence-corrected chi connectivity index (χ4v) is 1.25. The van der Waals surface area contributed by atoms with Crippen LogP contribution in [0.2, 0.25) is 0 Å². The molecule has 1 aromatic carbocycles. The Hall–Kier alpha value is -1.51. The number of benzene rings is 1. The first-order chi connectivity index (χ1) is 6.11. The molecular weight excluding hydrogens is 168 g/mol. The van der Waals surface area contributed by atoms with E-state index < -0.39 is 0 Å². The summed E-state index contributed by atoms with van der Waals surface area (Å²) in [5, 5.41) is 9.42. The largest absolute Gasteiger partial charge is 0.507 e. The van der Waals surface area contributed by atoms with Gasteiger partial charge in [-0.2, -0.15) is 0 Å². The molecule has 0 heterocycles. The van der Waals surface area contributed by atoms with Gasteiger partial charge in [0.25, 0.3) is 0 Å². The van der Waals surface area contributed by atoms with Crippen LogP contribution in [0.5, 0.6) is 11.5 Å². The summed E-state index contributed by atoms with van der Waals surface area (Å²) in [6, 6.07) is 1.45. The number of phenolic OH excluding ortho intramolecular Hbond substituents is 1. The van der Waals surface area contributed by atoms with Gasteiger partial charge in [-0.3, -0.25) is 4.79 Å². The summed E-state index contributed by atoms with van der Waals surface area (Å²) in [4.78, 5) is 10.6. The topological polar surface area (TPSA) is 46.5 Å². The van der Waals surface area contributed by atoms with E-state index in [1.54, 1.807) is 6.92 Å². The summed E-state index contributed by atoms with van der Waals surface area (Å²) >= 11 is 0. The van der Waals surface area contributed by atoms with Crippen molar-refractivity contribution in [3.8, 4) is 11.5 Å². The Morgan fingerprint density at radius 2 is 2.00 bits per heavy atom. The minimum absolute atomic E-state index is 0.0325. The van der Waals surface area contributed by atoms with E-state index in [2.05, 4.69) is 0 Å². The third-order valence-electron chi connectivity index (χ3n) is 2.22. The van der Waals surface area contributed by atoms with Gasteiger partial charge in [0.2, 0.25) is 0 Å². The molecular formula is C10H12O3. The average Bonchev–Trinajstić information content (AvgIpc) is 2.12. The first kappa shape index (κ1) is 9.58. The van der Waals surface area contributed by atoms with Crippen LogP contribution in [-0.4, -0.2) is 18.5 Å². The second kappa shape index (κ2) is 3.47. The number of hydrogen-bond donors (Lipinski definition) is 1. The maximum atomic E-state index is 10.6. The molecule has 1 rings (SSSR count). The number of carbonyl (C=O) groups excluding carboxylic acids is 1. The van der Waals surface area contributed by atoms with Crippen LogP contribution in [-0.2, 0) is 0 Å². The predicted octanol–water partition coefficient (Wildman–Crippen LogP) is 1.83. The van der Waals surface area contributed by atoms with Crippen LogP contribution in [0.1, 0.15) is 21.5 Å². The van der Waals surface area contributed by atoms with E-state index in [1.807, 2.05) is 6.92 Å². The molecule has 0 aromatic heterocycles. The van der Waals surface area contributed by atoms with Crippen molar-refractivity contribution in [2.45, 2.75) is 13.8 Å². The highest BCUT2D eigenvalue weighted by Crippen LogP contribution is 2.30. The van der Waals surface area contributed by atoms with Gasteiger partial charge < -0.3 is 9.84 Å². The van der Waals surface area contributed by atoms with Crippen molar-refractivity contribution < 1.29 is 14.6 Å². The number of rotatable bonds is 2. The van der Waals surface area contributed by atoms with Gasteiger partial charge in [0.1, 0.15) is 11.5 Å². The van der Waals surface area contributed by atoms with E-state index >= 15 is 0 Å². The Kier molecular flexibility index (Phi) is 2.56. The van der Waals surface area contributed by atoms with Crippen molar-refractivity contribution in [3.05, 3.63) is 22.8 Å². The minimum atomic E-state index is -0.0325. The van der Waals surface area contributed by atoms with Gasteiger partial charge in [0.15, 0.2) is 6.29 Å². The first-order valence-corrected chi connectivity index (χ1v) is 3.94. The molecule has 0 amide bonds. The fourth-order valence-electron chi connectivity index (χ4n) is 1.25. The third kappa shape index (κ3) is 1.49. The molecule has 0 bridgehead atoms. The van der Waals surface area contributed by atoms with Crippen molar-refractivity contribution in [1.29, 1.82) is 0 Å². The average molecular weight is 180 g/mol. The monoisotopic (exact) mass is 180 g/mol. The normalized spacial score (nSPS) is 9.77. The summed E-state index contributed by atoms with van der Waals surface area (Å²) in [5.41, 5.74) is 1.97. The zero-order chi connectivity index (χ0) is 10.0. The van der Waals surface area contributed by atoms with Crippen LogP contribution in [0.25, 0.3) is 0 Å². The lowest BCUT2D eigenvalue weighted by Gasteiger charge is -2.10. The van der Waals surface area contributed by atoms with Crippen LogP contribution < -0.4 is 4.74 Å². The molecule has 0 radical (unpaired) electrons. The zero-order valence-electron chi connectivity index (χ0n) is 7.92. The summed E-state index contributed by atoms with van der Waals surface area (Å²) in [5.74, 6) is 0.565. The van der Waals surface area contributed by atoms with Crippen LogP contribution in [0.3, 0.4) is 0 Å². The van der Waals surface area contributed by atoms with Crippen molar-refractivity contribution >= 4 is 6.29 Å². The molecule has 1 aromatic rings. The smallest absolute Gasteiger partial charge is 0.154 e. The van der Waals surface area contributed by atoms with Gasteiger partial charge in [0, 0.05) is 6.07 Å². The van der Waals surface area contributed by atoms with E-state index in [4.69, 9.17) is 4.74 Å². The molecule has 13 heavy (non-hydrogen) atoms. The molecule has 0 spiro atoms. The Morgan fingerprint density at radius 1 is 1.38 bits per heavy atom. The van der Waals surface area contributed by atoms with Crippen molar-refractivity contribution in [2.24, 2.45) is 0 Å². The fraction of sp³-hybridized carbons (Fsp3) is 0.300. The van der Waals surface area contributed by atoms with Gasteiger partial charge in [-0.1, -0.05) is 0 Å². The second-order valence-electron chi connectivity index (χ2n) is 2.88. The van der Waals surface area contributed by atoms with E-state index in [1.165, 1.54) is 13.2 Å². The SMILES string of the molecule is COc1cc(O)c(C=O)c(C)c1C. The number of methoxy groups -OCH3 is 1. The predicted molar refractivity (Wildman–Crippen MR) is 49.5 cm³/mol. The molecule has 3 heteroatoms. The van der Waals surface area contributed by atoms with E-state index in [9.17, 15) is 9.90 Å². The highest BCUT2D eigenvalue weighted by atomic mass is 16.5. The Morgan fingerprint density at radius 3 is 2.46 bits per heavy atom. The lowest BCUT2D eigenvalue weighted by molar-refractivity contribution is 0.112. The second-order valence-corrected chi connectivity index (χ2v) is 2.88. The van der Waals surface area contributed by atoms with E-state index in [0.29, 0.717) is 17.6 Å². The molecule has 70 valence electrons. The summed E-state index contributed by atoms with van der Waals surface area (Å²) < 4.78 is 5.03. The van der Waals surface area contributed by atoms with E-state index in [-0.39, 0.29) is 5.75 Å². The number of phenols is 1. The molecule has 1 N–H and O–H groups in total. The Balaban J connectivity index is 3.45. The van der Waals surface area contributed by atoms with Crippen LogP contribution in [0.4, 0.5) is 0 Å². The molecule has 0 aliphatic heterocycles. The van der Waals surface area contributed by atoms with Crippen molar-refractivity contribution in [3.63, 3.8) is 0 Å². The highest BCUT2D eigenvalue weighted by Gasteiger charge is 2.11. The van der Waals surface area contributed by atoms with Gasteiger partial charge in [-0.25, -0.2) is 0 Å². The number of hydrogen-bond acceptors (Lipinski definition) is 3. The molecule has 0 atom stereocenters. The van der Waals surface area contributed by atoms with Crippen LogP contribution in [0, 0.1) is 13.8 Å². The lowest BCUT2D eigenvalue weighted by Crippen LogP contribution is -1.95. The molecule has 0 fully saturated rings. The number of aldehydes is 1. The molecule has 0 saturated heterocycles. The van der Waals surface area contributed by atoms with E-state index in [0.717, 1.165) is 11.1 Å². The molecule has 0 aliphatic carbocycles. The van der Waals surface area contributed by atoms with Gasteiger partial charge in [-0.15, -0.1) is 0 Å². The summed E-state index contributed by atoms with van der Waals surface area (Å²) in [6.07, 6.45) is 0.650. The van der Waals surface area contributed by atoms with Crippen molar-refractivity contribution in [1.82, 2.24) is 0 Å². The van der Waals surface area contributed by atoms with Crippen LogP contribution >= 0.6 is 0 Å². The highest BCUT2D eigenvalue weighted by molar-refractivity contribution is 5.83. The third-order valence-corrected chi connectivity index (χ3v) is 2.22. The number of aromatic hydroxyl groups is 1. The lowest BCUT2D eigenvalue weighted by atomic mass is 10.0. The van der Waals surface area contributed by atoms with Gasteiger partial charge in [0.05, 0.1) is 12.7 Å². The molecule has 3 nitrogen and oxygen atoms in total. The summed E-state index contributed by atoms with van der Waals surface area (Å²) in [7, 11) is 1.53. The van der Waals surface area contributed by atoms with Crippen molar-refractivity contribution in [2.75, 3.05) is 7.11 Å². The maximum Gasteiger partial charge on any atom is 0.154 e. The van der Waals surface area contributed by atoms with Gasteiger partial charge >= 0.3 is 0 Å². The molecule has 0 saturated carbocycles. The van der Waals surface area contributed by atoms with Gasteiger partial charge in [-0.05, 0) is 25.0 Å². The summed E-state index contributed by atoms with van der Waals surface area (Å²) in [6.45, 7) is 3.63. The Labute approximate surface area is 77.0 Å². The number of carbonyl (C=O) groups is 1. The first-order valence-electron chi connectivity index (χ1n) is 3.94. The standard InChI is InChI=1S/C10H12O3/c1-6-7(2)10(13-3)4-9(12)8(6)5-11/h4-5,12H,1-3H3. The quantitative estimate of drug-likeness (QED) is 0.706. The Bertz CT molecular complexity index is 343. The molecule has 0 unspecified atom stereocenters. The minimum Gasteiger partial charge on any atom is -0.507 e. The molecule has 0 aliphatic rings. The number of ether oxygens (including phenoxy) is 1. The van der Waals surface area contributed by atoms with Crippen LogP contribution in [0.15, 0.2) is 6.07 Å².